The van der Waals surface area contributed by atoms with E-state index in [0.29, 0.717) is 12.8 Å². The van der Waals surface area contributed by atoms with Gasteiger partial charge in [-0.25, -0.2) is 0 Å². The van der Waals surface area contributed by atoms with Crippen molar-refractivity contribution in [1.29, 1.82) is 0 Å². The van der Waals surface area contributed by atoms with Crippen LogP contribution in [-0.2, 0) is 4.79 Å². The van der Waals surface area contributed by atoms with Crippen LogP contribution in [0.25, 0.3) is 0 Å². The second kappa shape index (κ2) is 29.4. The first-order chi connectivity index (χ1) is 19.9. The third-order valence-corrected chi connectivity index (χ3v) is 8.86. The van der Waals surface area contributed by atoms with Crippen LogP contribution in [0, 0.1) is 5.92 Å². The standard InChI is InChI=1S/C35H71NO5/c1-4-6-7-8-9-10-11-12-15-19-22-25-28-33(39)35(41)36-31(29-37)34(40)32(38)27-24-21-18-16-13-14-17-20-23-26-30(3)5-2/h30-34,37-40H,4-29H2,1-3H3,(H,36,41)/t30?,31?,32-,33-,34+/m1/s1. The molecule has 5 atom stereocenters. The molecule has 0 aromatic carbocycles. The van der Waals surface area contributed by atoms with Crippen molar-refractivity contribution in [2.45, 2.75) is 206 Å². The molecule has 1 amide bonds. The summed E-state index contributed by atoms with van der Waals surface area (Å²) in [4.78, 5) is 12.4. The molecule has 6 heteroatoms. The van der Waals surface area contributed by atoms with Crippen molar-refractivity contribution in [2.24, 2.45) is 5.92 Å². The number of nitrogens with one attached hydrogen (secondary N) is 1. The van der Waals surface area contributed by atoms with Crippen LogP contribution in [0.1, 0.15) is 181 Å². The number of carbonyl (C=O) groups excluding carboxylic acids is 1. The first-order valence-electron chi connectivity index (χ1n) is 17.8. The lowest BCUT2D eigenvalue weighted by atomic mass is 9.98. The number of carbonyl (C=O) groups is 1. The van der Waals surface area contributed by atoms with Gasteiger partial charge in [-0.1, -0.05) is 168 Å². The maximum absolute atomic E-state index is 12.4. The molecule has 0 aliphatic rings. The van der Waals surface area contributed by atoms with Gasteiger partial charge in [-0.05, 0) is 18.8 Å². The summed E-state index contributed by atoms with van der Waals surface area (Å²) >= 11 is 0. The van der Waals surface area contributed by atoms with E-state index in [9.17, 15) is 25.2 Å². The normalized spacial score (nSPS) is 15.4. The number of amides is 1. The molecule has 6 nitrogen and oxygen atoms in total. The number of aliphatic hydroxyl groups is 4. The minimum atomic E-state index is -1.25. The van der Waals surface area contributed by atoms with E-state index in [-0.39, 0.29) is 0 Å². The second-order valence-electron chi connectivity index (χ2n) is 12.8. The number of hydrogen-bond acceptors (Lipinski definition) is 5. The number of hydrogen-bond donors (Lipinski definition) is 5. The Hall–Kier alpha value is -0.690. The zero-order valence-electron chi connectivity index (χ0n) is 27.5. The van der Waals surface area contributed by atoms with Gasteiger partial charge in [0.15, 0.2) is 0 Å². The largest absolute Gasteiger partial charge is 0.394 e. The van der Waals surface area contributed by atoms with Crippen LogP contribution in [0.4, 0.5) is 0 Å². The lowest BCUT2D eigenvalue weighted by molar-refractivity contribution is -0.132. The molecule has 0 rings (SSSR count). The molecule has 0 aliphatic carbocycles. The second-order valence-corrected chi connectivity index (χ2v) is 12.8. The smallest absolute Gasteiger partial charge is 0.249 e. The highest BCUT2D eigenvalue weighted by Crippen LogP contribution is 2.17. The topological polar surface area (TPSA) is 110 Å². The highest BCUT2D eigenvalue weighted by Gasteiger charge is 2.28. The minimum Gasteiger partial charge on any atom is -0.394 e. The zero-order valence-corrected chi connectivity index (χ0v) is 27.5. The fraction of sp³-hybridized carbons (Fsp3) is 0.971. The van der Waals surface area contributed by atoms with Gasteiger partial charge in [0, 0.05) is 0 Å². The van der Waals surface area contributed by atoms with Gasteiger partial charge in [-0.15, -0.1) is 0 Å². The van der Waals surface area contributed by atoms with Crippen LogP contribution in [0.2, 0.25) is 0 Å². The van der Waals surface area contributed by atoms with Crippen LogP contribution in [0.5, 0.6) is 0 Å². The van der Waals surface area contributed by atoms with Gasteiger partial charge in [0.25, 0.3) is 0 Å². The number of aliphatic hydroxyl groups excluding tert-OH is 4. The predicted octanol–water partition coefficient (Wildman–Crippen LogP) is 7.97. The van der Waals surface area contributed by atoms with E-state index >= 15 is 0 Å². The average molecular weight is 586 g/mol. The van der Waals surface area contributed by atoms with Gasteiger partial charge in [0.2, 0.25) is 5.91 Å². The maximum Gasteiger partial charge on any atom is 0.249 e. The summed E-state index contributed by atoms with van der Waals surface area (Å²) in [6, 6.07) is -0.977. The Bertz CT molecular complexity index is 561. The Labute approximate surface area is 254 Å². The molecule has 5 N–H and O–H groups in total. The molecule has 0 aromatic heterocycles. The maximum atomic E-state index is 12.4. The van der Waals surface area contributed by atoms with Crippen LogP contribution in [0.15, 0.2) is 0 Å². The first kappa shape index (κ1) is 40.3. The molecule has 41 heavy (non-hydrogen) atoms. The van der Waals surface area contributed by atoms with Gasteiger partial charge < -0.3 is 25.7 Å². The predicted molar refractivity (Wildman–Crippen MR) is 173 cm³/mol. The fourth-order valence-corrected chi connectivity index (χ4v) is 5.55. The minimum absolute atomic E-state index is 0.373. The Morgan fingerprint density at radius 2 is 0.976 bits per heavy atom. The molecule has 0 heterocycles. The SMILES string of the molecule is CCCCCCCCCCCCCC[C@@H](O)C(=O)NC(CO)[C@H](O)[C@H](O)CCCCCCCCCCCC(C)CC. The average Bonchev–Trinajstić information content (AvgIpc) is 2.98. The van der Waals surface area contributed by atoms with Crippen molar-refractivity contribution in [3.8, 4) is 0 Å². The van der Waals surface area contributed by atoms with Crippen LogP contribution < -0.4 is 5.32 Å². The molecule has 0 radical (unpaired) electrons. The molecule has 0 spiro atoms. The van der Waals surface area contributed by atoms with E-state index < -0.39 is 36.9 Å². The van der Waals surface area contributed by atoms with E-state index in [1.165, 1.54) is 109 Å². The lowest BCUT2D eigenvalue weighted by Gasteiger charge is -2.27. The van der Waals surface area contributed by atoms with Crippen LogP contribution >= 0.6 is 0 Å². The van der Waals surface area contributed by atoms with Gasteiger partial charge >= 0.3 is 0 Å². The molecule has 0 aliphatic heterocycles. The van der Waals surface area contributed by atoms with Crippen molar-refractivity contribution < 1.29 is 25.2 Å². The van der Waals surface area contributed by atoms with Crippen molar-refractivity contribution in [2.75, 3.05) is 6.61 Å². The first-order valence-corrected chi connectivity index (χ1v) is 17.8. The lowest BCUT2D eigenvalue weighted by Crippen LogP contribution is -2.53. The van der Waals surface area contributed by atoms with Gasteiger partial charge in [-0.2, -0.15) is 0 Å². The molecular weight excluding hydrogens is 514 g/mol. The molecular formula is C35H71NO5. The quantitative estimate of drug-likeness (QED) is 0.0530. The summed E-state index contributed by atoms with van der Waals surface area (Å²) in [5.41, 5.74) is 0. The Kier molecular flexibility index (Phi) is 28.9. The summed E-state index contributed by atoms with van der Waals surface area (Å²) in [6.45, 7) is 6.37. The highest BCUT2D eigenvalue weighted by molar-refractivity contribution is 5.80. The van der Waals surface area contributed by atoms with E-state index in [1.807, 2.05) is 0 Å². The third kappa shape index (κ3) is 24.4. The van der Waals surface area contributed by atoms with Crippen molar-refractivity contribution in [3.05, 3.63) is 0 Å². The summed E-state index contributed by atoms with van der Waals surface area (Å²) in [7, 11) is 0. The summed E-state index contributed by atoms with van der Waals surface area (Å²) < 4.78 is 0. The number of rotatable bonds is 31. The van der Waals surface area contributed by atoms with Crippen LogP contribution in [0.3, 0.4) is 0 Å². The van der Waals surface area contributed by atoms with Crippen molar-refractivity contribution in [3.63, 3.8) is 0 Å². The molecule has 246 valence electrons. The molecule has 0 saturated heterocycles. The Morgan fingerprint density at radius 3 is 1.39 bits per heavy atom. The van der Waals surface area contributed by atoms with Gasteiger partial charge in [-0.3, -0.25) is 4.79 Å². The zero-order chi connectivity index (χ0) is 30.6. The summed E-state index contributed by atoms with van der Waals surface area (Å²) in [5, 5.41) is 43.4. The van der Waals surface area contributed by atoms with Crippen LogP contribution in [-0.4, -0.2) is 57.3 Å². The summed E-state index contributed by atoms with van der Waals surface area (Å²) in [6.07, 6.45) is 25.4. The van der Waals surface area contributed by atoms with Crippen molar-refractivity contribution >= 4 is 5.91 Å². The third-order valence-electron chi connectivity index (χ3n) is 8.86. The van der Waals surface area contributed by atoms with Crippen molar-refractivity contribution in [1.82, 2.24) is 5.32 Å². The molecule has 0 fully saturated rings. The van der Waals surface area contributed by atoms with E-state index in [2.05, 4.69) is 26.1 Å². The summed E-state index contributed by atoms with van der Waals surface area (Å²) in [5.74, 6) is 0.270. The highest BCUT2D eigenvalue weighted by atomic mass is 16.3. The number of unbranched alkanes of at least 4 members (excludes halogenated alkanes) is 19. The molecule has 2 unspecified atom stereocenters. The molecule has 0 saturated carbocycles. The Balaban J connectivity index is 3.84. The Morgan fingerprint density at radius 1 is 0.585 bits per heavy atom. The van der Waals surface area contributed by atoms with Gasteiger partial charge in [0.1, 0.15) is 12.2 Å². The monoisotopic (exact) mass is 586 g/mol. The van der Waals surface area contributed by atoms with E-state index in [4.69, 9.17) is 0 Å². The fourth-order valence-electron chi connectivity index (χ4n) is 5.55. The van der Waals surface area contributed by atoms with E-state index in [1.54, 1.807) is 0 Å². The molecule has 0 aromatic rings. The van der Waals surface area contributed by atoms with E-state index in [0.717, 1.165) is 44.4 Å². The molecule has 0 bridgehead atoms. The van der Waals surface area contributed by atoms with Gasteiger partial charge in [0.05, 0.1) is 18.8 Å².